The fourth-order valence-corrected chi connectivity index (χ4v) is 0. The van der Waals surface area contributed by atoms with Crippen molar-refractivity contribution in [1.82, 2.24) is 0 Å². The molecule has 0 fully saturated rings. The van der Waals surface area contributed by atoms with E-state index in [0.717, 1.165) is 0 Å². The van der Waals surface area contributed by atoms with Gasteiger partial charge < -0.3 is 14.7 Å². The molecule has 0 aliphatic heterocycles. The molecular formula is H9Mg3O4P. The van der Waals surface area contributed by atoms with Gasteiger partial charge in [-0.25, -0.2) is 4.57 Å². The predicted octanol–water partition coefficient (Wildman–Crippen LogP) is -3.68. The average molecular weight is 177 g/mol. The van der Waals surface area contributed by atoms with Crippen molar-refractivity contribution in [2.75, 3.05) is 0 Å². The molecule has 0 aromatic rings. The summed E-state index contributed by atoms with van der Waals surface area (Å²) in [6.07, 6.45) is 0. The lowest BCUT2D eigenvalue weighted by Crippen LogP contribution is -1.66. The van der Waals surface area contributed by atoms with Crippen molar-refractivity contribution in [3.8, 4) is 0 Å². The summed E-state index contributed by atoms with van der Waals surface area (Å²) >= 11 is 0. The van der Waals surface area contributed by atoms with E-state index in [9.17, 15) is 0 Å². The Balaban J connectivity index is -0.0000000267. The molecule has 0 heterocycles. The Bertz CT molecular complexity index is 57.4. The van der Waals surface area contributed by atoms with Gasteiger partial charge in [-0.2, -0.15) is 0 Å². The Morgan fingerprint density at radius 2 is 0.875 bits per heavy atom. The van der Waals surface area contributed by atoms with Crippen LogP contribution in [0.5, 0.6) is 0 Å². The van der Waals surface area contributed by atoms with Gasteiger partial charge in [0, 0.05) is 0 Å². The smallest absolute Gasteiger partial charge is 0.303 e. The molecule has 0 aliphatic rings. The molecule has 0 amide bonds. The van der Waals surface area contributed by atoms with E-state index < -0.39 is 7.82 Å². The van der Waals surface area contributed by atoms with Crippen LogP contribution in [-0.2, 0) is 4.57 Å². The maximum Gasteiger partial charge on any atom is 0.466 e. The Morgan fingerprint density at radius 3 is 0.875 bits per heavy atom. The summed E-state index contributed by atoms with van der Waals surface area (Å²) < 4.78 is 8.88. The van der Waals surface area contributed by atoms with E-state index in [-0.39, 0.29) is 69.2 Å². The Morgan fingerprint density at radius 1 is 0.875 bits per heavy atom. The molecule has 44 valence electrons. The number of hydrogen-bond donors (Lipinski definition) is 3. The molecule has 0 spiro atoms. The van der Waals surface area contributed by atoms with Crippen LogP contribution in [0.15, 0.2) is 0 Å². The topological polar surface area (TPSA) is 77.8 Å². The van der Waals surface area contributed by atoms with Gasteiger partial charge in [0.25, 0.3) is 0 Å². The van der Waals surface area contributed by atoms with E-state index in [0.29, 0.717) is 0 Å². The highest BCUT2D eigenvalue weighted by molar-refractivity contribution is 7.45. The Labute approximate surface area is 95.1 Å². The SMILES string of the molecule is O=P(O)(O)O.[MgH2].[MgH2].[MgH2]. The zero-order valence-electron chi connectivity index (χ0n) is 2.20. The van der Waals surface area contributed by atoms with Gasteiger partial charge in [-0.05, 0) is 0 Å². The van der Waals surface area contributed by atoms with E-state index in [2.05, 4.69) is 0 Å². The summed E-state index contributed by atoms with van der Waals surface area (Å²) in [7, 11) is -4.64. The van der Waals surface area contributed by atoms with E-state index in [1.165, 1.54) is 0 Å². The minimum absolute atomic E-state index is 0. The van der Waals surface area contributed by atoms with Gasteiger partial charge in [0.1, 0.15) is 0 Å². The Hall–Kier alpha value is 2.41. The third kappa shape index (κ3) is 79.6. The highest BCUT2D eigenvalue weighted by Crippen LogP contribution is 2.25. The second kappa shape index (κ2) is 9.41. The van der Waals surface area contributed by atoms with Crippen molar-refractivity contribution in [2.24, 2.45) is 0 Å². The van der Waals surface area contributed by atoms with E-state index in [1.54, 1.807) is 0 Å². The first-order chi connectivity index (χ1) is 2.00. The summed E-state index contributed by atoms with van der Waals surface area (Å²) in [4.78, 5) is 21.6. The van der Waals surface area contributed by atoms with Crippen LogP contribution < -0.4 is 0 Å². The maximum atomic E-state index is 8.88. The fraction of sp³-hybridized carbons (Fsp3) is 0. The summed E-state index contributed by atoms with van der Waals surface area (Å²) in [5, 5.41) is 0. The van der Waals surface area contributed by atoms with Gasteiger partial charge in [0.05, 0.1) is 0 Å². The number of hydrogen-bond acceptors (Lipinski definition) is 1. The summed E-state index contributed by atoms with van der Waals surface area (Å²) in [5.41, 5.74) is 0. The quantitative estimate of drug-likeness (QED) is 0.263. The van der Waals surface area contributed by atoms with Crippen LogP contribution in [0.25, 0.3) is 0 Å². The number of rotatable bonds is 0. The van der Waals surface area contributed by atoms with Crippen LogP contribution in [0.1, 0.15) is 0 Å². The largest absolute Gasteiger partial charge is 0.466 e. The van der Waals surface area contributed by atoms with Crippen molar-refractivity contribution in [1.29, 1.82) is 0 Å². The van der Waals surface area contributed by atoms with Crippen molar-refractivity contribution in [3.63, 3.8) is 0 Å². The third-order valence-electron chi connectivity index (χ3n) is 0. The molecule has 0 saturated carbocycles. The van der Waals surface area contributed by atoms with Gasteiger partial charge >= 0.3 is 77.0 Å². The van der Waals surface area contributed by atoms with Gasteiger partial charge in [0.2, 0.25) is 0 Å². The first-order valence-electron chi connectivity index (χ1n) is 0.783. The van der Waals surface area contributed by atoms with E-state index >= 15 is 0 Å². The lowest BCUT2D eigenvalue weighted by atomic mass is 15.8. The second-order valence-corrected chi connectivity index (χ2v) is 1.54. The molecule has 8 heavy (non-hydrogen) atoms. The first kappa shape index (κ1) is 22.4. The zero-order chi connectivity index (χ0) is 4.50. The van der Waals surface area contributed by atoms with E-state index in [1.807, 2.05) is 0 Å². The standard InChI is InChI=1S/3Mg.H3O4P.6H/c;;;1-5(2,3)4;;;;;;/h;;;(H3,1,2,3,4);;;;;;. The number of phosphoric acid groups is 1. The average Bonchev–Trinajstić information content (AvgIpc) is 0.722. The summed E-state index contributed by atoms with van der Waals surface area (Å²) in [6, 6.07) is 0. The molecule has 0 bridgehead atoms. The van der Waals surface area contributed by atoms with Crippen molar-refractivity contribution in [3.05, 3.63) is 0 Å². The third-order valence-corrected chi connectivity index (χ3v) is 0. The van der Waals surface area contributed by atoms with Crippen LogP contribution in [0.3, 0.4) is 0 Å². The van der Waals surface area contributed by atoms with Gasteiger partial charge in [-0.15, -0.1) is 0 Å². The molecule has 0 aliphatic carbocycles. The molecule has 0 atom stereocenters. The first-order valence-corrected chi connectivity index (χ1v) is 2.35. The van der Waals surface area contributed by atoms with Crippen LogP contribution >= 0.6 is 7.82 Å². The van der Waals surface area contributed by atoms with E-state index in [4.69, 9.17) is 19.2 Å². The van der Waals surface area contributed by atoms with Gasteiger partial charge in [0.15, 0.2) is 0 Å². The lowest BCUT2D eigenvalue weighted by molar-refractivity contribution is 0.275. The monoisotopic (exact) mass is 176 g/mol. The molecule has 0 aromatic heterocycles. The van der Waals surface area contributed by atoms with Gasteiger partial charge in [-0.1, -0.05) is 0 Å². The molecule has 0 rings (SSSR count). The highest BCUT2D eigenvalue weighted by Gasteiger charge is 2.00. The van der Waals surface area contributed by atoms with Crippen molar-refractivity contribution in [2.45, 2.75) is 0 Å². The fourth-order valence-electron chi connectivity index (χ4n) is 0. The maximum absolute atomic E-state index is 8.88. The second-order valence-electron chi connectivity index (χ2n) is 0.513. The molecule has 0 saturated heterocycles. The van der Waals surface area contributed by atoms with Gasteiger partial charge in [-0.3, -0.25) is 0 Å². The normalized spacial score (nSPS) is 7.38. The van der Waals surface area contributed by atoms with Crippen molar-refractivity contribution >= 4 is 77.0 Å². The Kier molecular flexibility index (Phi) is 26.4. The molecule has 3 N–H and O–H groups in total. The summed E-state index contributed by atoms with van der Waals surface area (Å²) in [5.74, 6) is 0. The van der Waals surface area contributed by atoms with Crippen LogP contribution in [0, 0.1) is 0 Å². The molecule has 0 unspecified atom stereocenters. The minimum atomic E-state index is -4.64. The molecule has 8 heteroatoms. The van der Waals surface area contributed by atoms with Crippen molar-refractivity contribution < 1.29 is 19.2 Å². The highest BCUT2D eigenvalue weighted by atomic mass is 31.2. The zero-order valence-corrected chi connectivity index (χ0v) is 3.09. The predicted molar refractivity (Wildman–Crippen MR) is 39.9 cm³/mol. The summed E-state index contributed by atoms with van der Waals surface area (Å²) in [6.45, 7) is 0. The minimum Gasteiger partial charge on any atom is -0.303 e. The molecule has 0 radical (unpaired) electrons. The van der Waals surface area contributed by atoms with Crippen LogP contribution in [-0.4, -0.2) is 83.8 Å². The molecule has 0 aromatic carbocycles. The lowest BCUT2D eigenvalue weighted by Gasteiger charge is -1.82. The van der Waals surface area contributed by atoms with Crippen LogP contribution in [0.4, 0.5) is 0 Å². The van der Waals surface area contributed by atoms with Crippen LogP contribution in [0.2, 0.25) is 0 Å². The molecule has 4 nitrogen and oxygen atoms in total. The molecular weight excluding hydrogens is 168 g/mol.